The van der Waals surface area contributed by atoms with Gasteiger partial charge in [-0.05, 0) is 82.9 Å². The molecule has 51 heavy (non-hydrogen) atoms. The SMILES string of the molecule is c1ccc(-c2ccc3c(c2)c2ccccc2n3-c2ccc(-c3ccc(-n4c5ccccc5c5c6sc7ccccc7c6ccc54)cc3)cc2)cc1. The summed E-state index contributed by atoms with van der Waals surface area (Å²) >= 11 is 1.90. The fraction of sp³-hybridized carbons (Fsp3) is 0. The molecule has 11 rings (SSSR count). The van der Waals surface area contributed by atoms with Crippen LogP contribution in [-0.2, 0) is 0 Å². The summed E-state index contributed by atoms with van der Waals surface area (Å²) in [7, 11) is 0. The molecule has 0 spiro atoms. The fourth-order valence-corrected chi connectivity index (χ4v) is 9.44. The number of hydrogen-bond donors (Lipinski definition) is 0. The zero-order valence-corrected chi connectivity index (χ0v) is 28.4. The van der Waals surface area contributed by atoms with Crippen LogP contribution in [0.3, 0.4) is 0 Å². The van der Waals surface area contributed by atoms with E-state index in [1.165, 1.54) is 91.7 Å². The van der Waals surface area contributed by atoms with Crippen LogP contribution in [0.4, 0.5) is 0 Å². The predicted molar refractivity (Wildman–Crippen MR) is 219 cm³/mol. The van der Waals surface area contributed by atoms with Crippen molar-refractivity contribution in [3.8, 4) is 33.6 Å². The lowest BCUT2D eigenvalue weighted by Crippen LogP contribution is -1.94. The van der Waals surface area contributed by atoms with Crippen LogP contribution in [0.5, 0.6) is 0 Å². The van der Waals surface area contributed by atoms with Crippen LogP contribution >= 0.6 is 11.3 Å². The third-order valence-corrected chi connectivity index (χ3v) is 11.7. The highest BCUT2D eigenvalue weighted by atomic mass is 32.1. The molecule has 0 saturated heterocycles. The third-order valence-electron chi connectivity index (χ3n) is 10.5. The number of fused-ring (bicyclic) bond motifs is 10. The molecule has 0 aliphatic rings. The molecule has 3 heteroatoms. The number of hydrogen-bond acceptors (Lipinski definition) is 1. The van der Waals surface area contributed by atoms with Gasteiger partial charge in [0.1, 0.15) is 0 Å². The minimum Gasteiger partial charge on any atom is -0.309 e. The van der Waals surface area contributed by atoms with Crippen molar-refractivity contribution in [3.05, 3.63) is 182 Å². The van der Waals surface area contributed by atoms with E-state index in [9.17, 15) is 0 Å². The second-order valence-electron chi connectivity index (χ2n) is 13.3. The fourth-order valence-electron chi connectivity index (χ4n) is 8.18. The maximum Gasteiger partial charge on any atom is 0.0555 e. The van der Waals surface area contributed by atoms with Crippen LogP contribution in [0.1, 0.15) is 0 Å². The van der Waals surface area contributed by atoms with Gasteiger partial charge in [0.2, 0.25) is 0 Å². The van der Waals surface area contributed by atoms with Gasteiger partial charge in [0.05, 0.1) is 22.1 Å². The van der Waals surface area contributed by atoms with Gasteiger partial charge in [0, 0.05) is 53.1 Å². The van der Waals surface area contributed by atoms with Gasteiger partial charge >= 0.3 is 0 Å². The highest BCUT2D eigenvalue weighted by Crippen LogP contribution is 2.43. The van der Waals surface area contributed by atoms with E-state index in [1.807, 2.05) is 11.3 Å². The van der Waals surface area contributed by atoms with E-state index < -0.39 is 0 Å². The minimum absolute atomic E-state index is 1.16. The number of para-hydroxylation sites is 2. The lowest BCUT2D eigenvalue weighted by molar-refractivity contribution is 1.18. The second kappa shape index (κ2) is 11.0. The smallest absolute Gasteiger partial charge is 0.0555 e. The van der Waals surface area contributed by atoms with Gasteiger partial charge in [-0.2, -0.15) is 0 Å². The zero-order valence-electron chi connectivity index (χ0n) is 27.6. The molecule has 0 fully saturated rings. The van der Waals surface area contributed by atoms with Crippen LogP contribution in [-0.4, -0.2) is 9.13 Å². The second-order valence-corrected chi connectivity index (χ2v) is 14.4. The first kappa shape index (κ1) is 28.4. The number of thiophene rings is 1. The van der Waals surface area contributed by atoms with E-state index in [-0.39, 0.29) is 0 Å². The van der Waals surface area contributed by atoms with Gasteiger partial charge in [-0.25, -0.2) is 0 Å². The topological polar surface area (TPSA) is 9.86 Å². The Bertz CT molecular complexity index is 3100. The minimum atomic E-state index is 1.16. The highest BCUT2D eigenvalue weighted by molar-refractivity contribution is 7.26. The summed E-state index contributed by atoms with van der Waals surface area (Å²) in [6.45, 7) is 0. The van der Waals surface area contributed by atoms with Crippen molar-refractivity contribution < 1.29 is 0 Å². The molecule has 11 aromatic rings. The van der Waals surface area contributed by atoms with Crippen LogP contribution in [0, 0.1) is 0 Å². The molecular weight excluding hydrogens is 637 g/mol. The Morgan fingerprint density at radius 3 is 1.55 bits per heavy atom. The van der Waals surface area contributed by atoms with Crippen LogP contribution in [0.25, 0.3) is 97.4 Å². The van der Waals surface area contributed by atoms with Crippen LogP contribution < -0.4 is 0 Å². The first-order chi connectivity index (χ1) is 25.3. The van der Waals surface area contributed by atoms with E-state index in [1.54, 1.807) is 0 Å². The van der Waals surface area contributed by atoms with Gasteiger partial charge in [-0.3, -0.25) is 0 Å². The van der Waals surface area contributed by atoms with Gasteiger partial charge in [0.15, 0.2) is 0 Å². The summed E-state index contributed by atoms with van der Waals surface area (Å²) in [6.07, 6.45) is 0. The Hall–Kier alpha value is -6.42. The molecule has 0 saturated carbocycles. The molecular formula is C48H30N2S. The van der Waals surface area contributed by atoms with E-state index in [2.05, 4.69) is 191 Å². The van der Waals surface area contributed by atoms with Crippen molar-refractivity contribution in [1.29, 1.82) is 0 Å². The summed E-state index contributed by atoms with van der Waals surface area (Å²) < 4.78 is 7.51. The van der Waals surface area contributed by atoms with Gasteiger partial charge in [-0.1, -0.05) is 121 Å². The van der Waals surface area contributed by atoms with Crippen molar-refractivity contribution in [2.24, 2.45) is 0 Å². The Morgan fingerprint density at radius 1 is 0.314 bits per heavy atom. The van der Waals surface area contributed by atoms with Crippen molar-refractivity contribution >= 4 is 75.1 Å². The largest absolute Gasteiger partial charge is 0.309 e. The first-order valence-corrected chi connectivity index (χ1v) is 18.3. The van der Waals surface area contributed by atoms with Gasteiger partial charge in [-0.15, -0.1) is 11.3 Å². The van der Waals surface area contributed by atoms with Gasteiger partial charge in [0.25, 0.3) is 0 Å². The molecule has 8 aromatic carbocycles. The maximum absolute atomic E-state index is 2.42. The lowest BCUT2D eigenvalue weighted by atomic mass is 10.0. The number of rotatable bonds is 4. The quantitative estimate of drug-likeness (QED) is 0.177. The standard InChI is InChI=1S/C48H30N2S/c1-2-10-31(11-3-1)34-22-28-44-41(30-34)37-12-4-7-15-42(37)49(44)35-23-18-32(19-24-35)33-20-25-36(26-21-33)50-43-16-8-5-14-40(43)47-45(50)29-27-39-38-13-6-9-17-46(38)51-48(39)47/h1-30H. The van der Waals surface area contributed by atoms with E-state index >= 15 is 0 Å². The first-order valence-electron chi connectivity index (χ1n) is 17.4. The molecule has 0 bridgehead atoms. The molecule has 0 amide bonds. The Morgan fingerprint density at radius 2 is 0.824 bits per heavy atom. The molecule has 0 radical (unpaired) electrons. The van der Waals surface area contributed by atoms with Gasteiger partial charge < -0.3 is 9.13 Å². The molecule has 2 nitrogen and oxygen atoms in total. The van der Waals surface area contributed by atoms with Crippen molar-refractivity contribution in [1.82, 2.24) is 9.13 Å². The lowest BCUT2D eigenvalue weighted by Gasteiger charge is -2.11. The zero-order chi connectivity index (χ0) is 33.5. The average Bonchev–Trinajstić information content (AvgIpc) is 3.86. The Kier molecular flexibility index (Phi) is 6.16. The summed E-state index contributed by atoms with van der Waals surface area (Å²) in [4.78, 5) is 0. The van der Waals surface area contributed by atoms with E-state index in [4.69, 9.17) is 0 Å². The highest BCUT2D eigenvalue weighted by Gasteiger charge is 2.18. The van der Waals surface area contributed by atoms with E-state index in [0.717, 1.165) is 5.69 Å². The van der Waals surface area contributed by atoms with Crippen LogP contribution in [0.15, 0.2) is 182 Å². The molecule has 0 aliphatic carbocycles. The molecule has 0 atom stereocenters. The molecule has 3 aromatic heterocycles. The Labute approximate surface area is 298 Å². The summed E-state index contributed by atoms with van der Waals surface area (Å²) in [5.74, 6) is 0. The molecule has 0 unspecified atom stereocenters. The average molecular weight is 667 g/mol. The van der Waals surface area contributed by atoms with E-state index in [0.29, 0.717) is 0 Å². The Balaban J connectivity index is 0.985. The summed E-state index contributed by atoms with van der Waals surface area (Å²) in [5, 5.41) is 7.84. The predicted octanol–water partition coefficient (Wildman–Crippen LogP) is 13.6. The normalized spacial score (nSPS) is 11.9. The molecule has 0 N–H and O–H groups in total. The number of benzene rings is 8. The van der Waals surface area contributed by atoms with Crippen molar-refractivity contribution in [2.75, 3.05) is 0 Å². The van der Waals surface area contributed by atoms with Crippen molar-refractivity contribution in [3.63, 3.8) is 0 Å². The number of nitrogens with zero attached hydrogens (tertiary/aromatic N) is 2. The summed E-state index contributed by atoms with van der Waals surface area (Å²) in [6, 6.07) is 66.5. The molecule has 0 aliphatic heterocycles. The third kappa shape index (κ3) is 4.29. The monoisotopic (exact) mass is 666 g/mol. The molecule has 238 valence electrons. The molecule has 3 heterocycles. The number of aromatic nitrogens is 2. The summed E-state index contributed by atoms with van der Waals surface area (Å²) in [5.41, 5.74) is 12.1. The van der Waals surface area contributed by atoms with Crippen LogP contribution in [0.2, 0.25) is 0 Å². The maximum atomic E-state index is 2.42. The van der Waals surface area contributed by atoms with Crippen molar-refractivity contribution in [2.45, 2.75) is 0 Å².